The molecule has 0 aliphatic carbocycles. The Labute approximate surface area is 72.2 Å². The highest BCUT2D eigenvalue weighted by molar-refractivity contribution is 5.54. The second-order valence-corrected chi connectivity index (χ2v) is 2.75. The maximum absolute atomic E-state index is 9.39. The van der Waals surface area contributed by atoms with E-state index < -0.39 is 0 Å². The summed E-state index contributed by atoms with van der Waals surface area (Å²) < 4.78 is 4.91. The van der Waals surface area contributed by atoms with E-state index in [0.717, 1.165) is 5.69 Å². The van der Waals surface area contributed by atoms with E-state index >= 15 is 0 Å². The van der Waals surface area contributed by atoms with Crippen molar-refractivity contribution in [1.82, 2.24) is 0 Å². The van der Waals surface area contributed by atoms with Gasteiger partial charge in [0, 0.05) is 25.8 Å². The number of hydrogen-bond donors (Lipinski definition) is 1. The maximum atomic E-state index is 9.39. The molecule has 0 spiro atoms. The Morgan fingerprint density at radius 3 is 2.42 bits per heavy atom. The van der Waals surface area contributed by atoms with E-state index in [1.165, 1.54) is 7.11 Å². The molecular weight excluding hydrogens is 154 g/mol. The molecule has 0 aliphatic rings. The molecule has 0 atom stereocenters. The maximum Gasteiger partial charge on any atom is 0.160 e. The van der Waals surface area contributed by atoms with E-state index in [1.54, 1.807) is 12.1 Å². The first-order chi connectivity index (χ1) is 5.65. The van der Waals surface area contributed by atoms with E-state index in [9.17, 15) is 5.11 Å². The van der Waals surface area contributed by atoms with Gasteiger partial charge in [0.05, 0.1) is 7.11 Å². The van der Waals surface area contributed by atoms with Crippen molar-refractivity contribution < 1.29 is 9.84 Å². The van der Waals surface area contributed by atoms with Gasteiger partial charge >= 0.3 is 0 Å². The molecule has 0 saturated carbocycles. The number of nitrogens with zero attached hydrogens (tertiary/aromatic N) is 1. The number of benzene rings is 1. The Morgan fingerprint density at radius 1 is 1.33 bits per heavy atom. The van der Waals surface area contributed by atoms with Crippen molar-refractivity contribution in [2.45, 2.75) is 0 Å². The van der Waals surface area contributed by atoms with E-state index in [4.69, 9.17) is 4.74 Å². The second kappa shape index (κ2) is 3.34. The summed E-state index contributed by atoms with van der Waals surface area (Å²) in [6, 6.07) is 5.29. The first-order valence-electron chi connectivity index (χ1n) is 3.69. The average Bonchev–Trinajstić information content (AvgIpc) is 2.04. The second-order valence-electron chi connectivity index (χ2n) is 2.75. The van der Waals surface area contributed by atoms with Crippen LogP contribution in [0.15, 0.2) is 18.2 Å². The summed E-state index contributed by atoms with van der Waals surface area (Å²) in [6.07, 6.45) is 0. The van der Waals surface area contributed by atoms with E-state index in [-0.39, 0.29) is 5.75 Å². The van der Waals surface area contributed by atoms with E-state index in [0.29, 0.717) is 5.75 Å². The predicted octanol–water partition coefficient (Wildman–Crippen LogP) is 1.47. The highest BCUT2D eigenvalue weighted by atomic mass is 16.5. The highest BCUT2D eigenvalue weighted by Crippen LogP contribution is 2.29. The number of phenolic OH excluding ortho intramolecular Hbond substituents is 1. The molecular formula is C9H13NO2. The zero-order valence-corrected chi connectivity index (χ0v) is 7.53. The Balaban J connectivity index is 3.02. The SMILES string of the molecule is COc1ccc(N(C)C)cc1O. The van der Waals surface area contributed by atoms with Crippen LogP contribution in [0.4, 0.5) is 5.69 Å². The molecule has 0 aliphatic heterocycles. The molecule has 0 fully saturated rings. The Kier molecular flexibility index (Phi) is 2.43. The van der Waals surface area contributed by atoms with Crippen molar-refractivity contribution in [3.05, 3.63) is 18.2 Å². The van der Waals surface area contributed by atoms with Gasteiger partial charge in [0.15, 0.2) is 11.5 Å². The van der Waals surface area contributed by atoms with Crippen molar-refractivity contribution >= 4 is 5.69 Å². The van der Waals surface area contributed by atoms with Crippen molar-refractivity contribution in [3.63, 3.8) is 0 Å². The largest absolute Gasteiger partial charge is 0.504 e. The van der Waals surface area contributed by atoms with Crippen LogP contribution in [0, 0.1) is 0 Å². The molecule has 12 heavy (non-hydrogen) atoms. The Morgan fingerprint density at radius 2 is 2.00 bits per heavy atom. The molecule has 0 heterocycles. The number of methoxy groups -OCH3 is 1. The molecule has 1 N–H and O–H groups in total. The molecule has 66 valence electrons. The molecule has 1 rings (SSSR count). The minimum Gasteiger partial charge on any atom is -0.504 e. The van der Waals surface area contributed by atoms with Crippen LogP contribution in [0.5, 0.6) is 11.5 Å². The Bertz CT molecular complexity index is 271. The zero-order chi connectivity index (χ0) is 9.14. The summed E-state index contributed by atoms with van der Waals surface area (Å²) in [5, 5.41) is 9.39. The molecule has 0 bridgehead atoms. The van der Waals surface area contributed by atoms with Crippen LogP contribution in [0.1, 0.15) is 0 Å². The van der Waals surface area contributed by atoms with Crippen LogP contribution in [-0.4, -0.2) is 26.3 Å². The fourth-order valence-electron chi connectivity index (χ4n) is 0.957. The minimum atomic E-state index is 0.170. The van der Waals surface area contributed by atoms with Gasteiger partial charge in [-0.25, -0.2) is 0 Å². The topological polar surface area (TPSA) is 32.7 Å². The van der Waals surface area contributed by atoms with Crippen LogP contribution in [0.3, 0.4) is 0 Å². The molecule has 3 heteroatoms. The van der Waals surface area contributed by atoms with Crippen molar-refractivity contribution in [1.29, 1.82) is 0 Å². The normalized spacial score (nSPS) is 9.58. The lowest BCUT2D eigenvalue weighted by Crippen LogP contribution is -2.08. The van der Waals surface area contributed by atoms with Gasteiger partial charge in [-0.1, -0.05) is 0 Å². The third-order valence-electron chi connectivity index (χ3n) is 1.68. The number of rotatable bonds is 2. The molecule has 0 radical (unpaired) electrons. The summed E-state index contributed by atoms with van der Waals surface area (Å²) in [4.78, 5) is 1.92. The van der Waals surface area contributed by atoms with Gasteiger partial charge in [-0.05, 0) is 12.1 Å². The van der Waals surface area contributed by atoms with Crippen molar-refractivity contribution in [2.75, 3.05) is 26.1 Å². The molecule has 0 unspecified atom stereocenters. The number of anilines is 1. The lowest BCUT2D eigenvalue weighted by molar-refractivity contribution is 0.373. The highest BCUT2D eigenvalue weighted by Gasteiger charge is 2.02. The van der Waals surface area contributed by atoms with Gasteiger partial charge in [0.1, 0.15) is 0 Å². The molecule has 1 aromatic carbocycles. The summed E-state index contributed by atoms with van der Waals surface area (Å²) >= 11 is 0. The lowest BCUT2D eigenvalue weighted by Gasteiger charge is -2.13. The number of phenols is 1. The predicted molar refractivity (Wildman–Crippen MR) is 49.0 cm³/mol. The summed E-state index contributed by atoms with van der Waals surface area (Å²) in [6.45, 7) is 0. The fourth-order valence-corrected chi connectivity index (χ4v) is 0.957. The van der Waals surface area contributed by atoms with Crippen molar-refractivity contribution in [2.24, 2.45) is 0 Å². The fraction of sp³-hybridized carbons (Fsp3) is 0.333. The third-order valence-corrected chi connectivity index (χ3v) is 1.68. The quantitative estimate of drug-likeness (QED) is 0.724. The summed E-state index contributed by atoms with van der Waals surface area (Å²) in [5.74, 6) is 0.671. The lowest BCUT2D eigenvalue weighted by atomic mass is 10.2. The molecule has 0 saturated heterocycles. The molecule has 1 aromatic rings. The van der Waals surface area contributed by atoms with Gasteiger partial charge in [-0.2, -0.15) is 0 Å². The smallest absolute Gasteiger partial charge is 0.160 e. The van der Waals surface area contributed by atoms with Crippen LogP contribution in [0.2, 0.25) is 0 Å². The van der Waals surface area contributed by atoms with Gasteiger partial charge in [0.2, 0.25) is 0 Å². The first kappa shape index (κ1) is 8.71. The number of aromatic hydroxyl groups is 1. The van der Waals surface area contributed by atoms with Gasteiger partial charge in [0.25, 0.3) is 0 Å². The standard InChI is InChI=1S/C9H13NO2/c1-10(2)7-4-5-9(12-3)8(11)6-7/h4-6,11H,1-3H3. The minimum absolute atomic E-state index is 0.170. The first-order valence-corrected chi connectivity index (χ1v) is 3.69. The average molecular weight is 167 g/mol. The van der Waals surface area contributed by atoms with Gasteiger partial charge in [-0.15, -0.1) is 0 Å². The Hall–Kier alpha value is -1.38. The number of hydrogen-bond acceptors (Lipinski definition) is 3. The number of ether oxygens (including phenoxy) is 1. The molecule has 3 nitrogen and oxygen atoms in total. The molecule has 0 amide bonds. The monoisotopic (exact) mass is 167 g/mol. The van der Waals surface area contributed by atoms with Crippen LogP contribution in [0.25, 0.3) is 0 Å². The van der Waals surface area contributed by atoms with E-state index in [1.807, 2.05) is 25.1 Å². The van der Waals surface area contributed by atoms with E-state index in [2.05, 4.69) is 0 Å². The van der Waals surface area contributed by atoms with Crippen LogP contribution < -0.4 is 9.64 Å². The van der Waals surface area contributed by atoms with Crippen LogP contribution >= 0.6 is 0 Å². The third kappa shape index (κ3) is 1.61. The summed E-state index contributed by atoms with van der Waals surface area (Å²) in [5.41, 5.74) is 0.952. The van der Waals surface area contributed by atoms with Crippen molar-refractivity contribution in [3.8, 4) is 11.5 Å². The van der Waals surface area contributed by atoms with Crippen LogP contribution in [-0.2, 0) is 0 Å². The molecule has 0 aromatic heterocycles. The zero-order valence-electron chi connectivity index (χ0n) is 7.53. The van der Waals surface area contributed by atoms with Gasteiger partial charge < -0.3 is 14.7 Å². The summed E-state index contributed by atoms with van der Waals surface area (Å²) in [7, 11) is 5.37. The van der Waals surface area contributed by atoms with Gasteiger partial charge in [-0.3, -0.25) is 0 Å².